The average Bonchev–Trinajstić information content (AvgIpc) is 2.67. The van der Waals surface area contributed by atoms with Crippen molar-refractivity contribution in [1.82, 2.24) is 0 Å². The van der Waals surface area contributed by atoms with Crippen LogP contribution in [-0.4, -0.2) is 17.2 Å². The molecule has 1 atom stereocenters. The van der Waals surface area contributed by atoms with E-state index in [2.05, 4.69) is 18.2 Å². The van der Waals surface area contributed by atoms with E-state index in [1.54, 1.807) is 11.3 Å². The molecule has 3 rings (SSSR count). The van der Waals surface area contributed by atoms with Gasteiger partial charge in [-0.15, -0.1) is 11.3 Å². The molecular weight excluding hydrogens is 219 g/mol. The van der Waals surface area contributed by atoms with Crippen LogP contribution in [0.5, 0.6) is 0 Å². The zero-order valence-corrected chi connectivity index (χ0v) is 9.45. The third-order valence-electron chi connectivity index (χ3n) is 3.03. The van der Waals surface area contributed by atoms with Gasteiger partial charge in [0.25, 0.3) is 0 Å². The lowest BCUT2D eigenvalue weighted by Crippen LogP contribution is -2.23. The topological polar surface area (TPSA) is 40.5 Å². The van der Waals surface area contributed by atoms with E-state index in [4.69, 9.17) is 0 Å². The summed E-state index contributed by atoms with van der Waals surface area (Å²) in [7, 11) is -1.27. The Balaban J connectivity index is 2.26. The Hall–Kier alpha value is -1.10. The Morgan fingerprint density at radius 3 is 2.88 bits per heavy atom. The lowest BCUT2D eigenvalue weighted by molar-refractivity contribution is 0.388. The summed E-state index contributed by atoms with van der Waals surface area (Å²) in [5.74, 6) is -0.169. The Morgan fingerprint density at radius 2 is 2.06 bits per heavy atom. The number of allylic oxidation sites excluding steroid dienone is 1. The highest BCUT2D eigenvalue weighted by atomic mass is 32.1. The molecule has 2 aromatic rings. The third-order valence-corrected chi connectivity index (χ3v) is 4.35. The van der Waals surface area contributed by atoms with Crippen LogP contribution < -0.4 is 0 Å². The molecule has 1 heterocycles. The molecule has 80 valence electrons. The first-order chi connectivity index (χ1) is 7.77. The first-order valence-electron chi connectivity index (χ1n) is 5.31. The molecule has 1 aliphatic rings. The van der Waals surface area contributed by atoms with E-state index in [0.717, 1.165) is 10.4 Å². The molecule has 0 radical (unpaired) electrons. The van der Waals surface area contributed by atoms with Gasteiger partial charge in [-0.25, -0.2) is 0 Å². The van der Waals surface area contributed by atoms with E-state index in [1.165, 1.54) is 10.1 Å². The van der Waals surface area contributed by atoms with Gasteiger partial charge in [-0.3, -0.25) is 0 Å². The highest BCUT2D eigenvalue weighted by Crippen LogP contribution is 2.41. The van der Waals surface area contributed by atoms with Crippen LogP contribution in [0.25, 0.3) is 16.2 Å². The highest BCUT2D eigenvalue weighted by Gasteiger charge is 2.30. The van der Waals surface area contributed by atoms with Gasteiger partial charge in [0, 0.05) is 15.4 Å². The van der Waals surface area contributed by atoms with Crippen molar-refractivity contribution in [3.8, 4) is 0 Å². The van der Waals surface area contributed by atoms with Crippen LogP contribution in [0.3, 0.4) is 0 Å². The van der Waals surface area contributed by atoms with Gasteiger partial charge in [0.05, 0.1) is 0 Å². The van der Waals surface area contributed by atoms with Crippen molar-refractivity contribution in [2.75, 3.05) is 0 Å². The number of hydrogen-bond acceptors (Lipinski definition) is 3. The summed E-state index contributed by atoms with van der Waals surface area (Å²) in [6.07, 6.45) is 4.82. The number of hydrogen-bond donors (Lipinski definition) is 2. The number of fused-ring (bicyclic) bond motifs is 3. The molecule has 0 saturated carbocycles. The molecule has 0 bridgehead atoms. The van der Waals surface area contributed by atoms with E-state index >= 15 is 0 Å². The maximum atomic E-state index is 9.38. The van der Waals surface area contributed by atoms with Crippen molar-refractivity contribution in [2.45, 2.75) is 12.2 Å². The molecule has 0 fully saturated rings. The zero-order valence-electron chi connectivity index (χ0n) is 8.63. The van der Waals surface area contributed by atoms with Crippen molar-refractivity contribution in [3.63, 3.8) is 0 Å². The maximum absolute atomic E-state index is 9.38. The molecule has 0 saturated heterocycles. The summed E-state index contributed by atoms with van der Waals surface area (Å²) in [6, 6.07) is 8.19. The fraction of sp³-hybridized carbons (Fsp3) is 0.167. The van der Waals surface area contributed by atoms with Crippen LogP contribution in [-0.2, 0) is 0 Å². The molecule has 0 aliphatic heterocycles. The summed E-state index contributed by atoms with van der Waals surface area (Å²) in [4.78, 5) is 1.10. The summed E-state index contributed by atoms with van der Waals surface area (Å²) < 4.78 is 1.21. The van der Waals surface area contributed by atoms with Crippen LogP contribution in [0.4, 0.5) is 0 Å². The molecule has 0 amide bonds. The van der Waals surface area contributed by atoms with Crippen LogP contribution in [0.15, 0.2) is 30.3 Å². The molecule has 2 nitrogen and oxygen atoms in total. The first-order valence-corrected chi connectivity index (χ1v) is 6.13. The average molecular weight is 230 g/mol. The predicted octanol–water partition coefficient (Wildman–Crippen LogP) is 2.41. The molecule has 16 heavy (non-hydrogen) atoms. The first kappa shape index (κ1) is 10.1. The highest BCUT2D eigenvalue weighted by molar-refractivity contribution is 7.19. The van der Waals surface area contributed by atoms with Gasteiger partial charge in [0.2, 0.25) is 0 Å². The van der Waals surface area contributed by atoms with E-state index in [9.17, 15) is 10.0 Å². The zero-order chi connectivity index (χ0) is 11.1. The Bertz CT molecular complexity index is 559. The lowest BCUT2D eigenvalue weighted by Gasteiger charge is -2.16. The second kappa shape index (κ2) is 3.73. The normalized spacial score (nSPS) is 18.8. The fourth-order valence-corrected chi connectivity index (χ4v) is 3.56. The van der Waals surface area contributed by atoms with Gasteiger partial charge in [-0.1, -0.05) is 30.4 Å². The van der Waals surface area contributed by atoms with E-state index < -0.39 is 7.12 Å². The SMILES string of the molecule is OB(O)C1CC=Cc2c1sc1ccccc21. The van der Waals surface area contributed by atoms with Gasteiger partial charge in [0.15, 0.2) is 0 Å². The predicted molar refractivity (Wildman–Crippen MR) is 68.4 cm³/mol. The van der Waals surface area contributed by atoms with Gasteiger partial charge in [-0.2, -0.15) is 0 Å². The molecule has 1 aliphatic carbocycles. The standard InChI is InChI=1S/C12H11BO2S/c14-13(15)10-6-3-5-9-8-4-1-2-7-11(8)16-12(9)10/h1-5,7,10,14-15H,6H2. The second-order valence-corrected chi connectivity index (χ2v) is 5.12. The van der Waals surface area contributed by atoms with E-state index in [-0.39, 0.29) is 5.82 Å². The molecule has 1 aromatic carbocycles. The maximum Gasteiger partial charge on any atom is 0.460 e. The lowest BCUT2D eigenvalue weighted by atomic mass is 9.67. The van der Waals surface area contributed by atoms with Crippen molar-refractivity contribution in [3.05, 3.63) is 40.8 Å². The Labute approximate surface area is 98.0 Å². The van der Waals surface area contributed by atoms with Crippen LogP contribution in [0.1, 0.15) is 22.7 Å². The minimum Gasteiger partial charge on any atom is -0.427 e. The third kappa shape index (κ3) is 1.42. The molecule has 1 aromatic heterocycles. The molecule has 2 N–H and O–H groups in total. The quantitative estimate of drug-likeness (QED) is 0.738. The summed E-state index contributed by atoms with van der Waals surface area (Å²) in [5, 5.41) is 20.0. The summed E-state index contributed by atoms with van der Waals surface area (Å²) >= 11 is 1.66. The number of rotatable bonds is 1. The van der Waals surface area contributed by atoms with E-state index in [0.29, 0.717) is 6.42 Å². The molecule has 1 unspecified atom stereocenters. The number of thiophene rings is 1. The monoisotopic (exact) mass is 230 g/mol. The van der Waals surface area contributed by atoms with Crippen molar-refractivity contribution in [1.29, 1.82) is 0 Å². The smallest absolute Gasteiger partial charge is 0.427 e. The Kier molecular flexibility index (Phi) is 2.35. The molecule has 0 spiro atoms. The molecule has 4 heteroatoms. The second-order valence-electron chi connectivity index (χ2n) is 4.03. The van der Waals surface area contributed by atoms with Crippen molar-refractivity contribution < 1.29 is 10.0 Å². The van der Waals surface area contributed by atoms with Crippen LogP contribution in [0, 0.1) is 0 Å². The van der Waals surface area contributed by atoms with Crippen LogP contribution in [0.2, 0.25) is 0 Å². The van der Waals surface area contributed by atoms with Gasteiger partial charge < -0.3 is 10.0 Å². The van der Waals surface area contributed by atoms with Crippen LogP contribution >= 0.6 is 11.3 Å². The number of benzene rings is 1. The van der Waals surface area contributed by atoms with Crippen molar-refractivity contribution in [2.24, 2.45) is 0 Å². The van der Waals surface area contributed by atoms with E-state index in [1.807, 2.05) is 18.2 Å². The van der Waals surface area contributed by atoms with Gasteiger partial charge in [-0.05, 0) is 23.4 Å². The Morgan fingerprint density at radius 1 is 1.25 bits per heavy atom. The summed E-state index contributed by atoms with van der Waals surface area (Å²) in [5.41, 5.74) is 1.16. The fourth-order valence-electron chi connectivity index (χ4n) is 2.23. The largest absolute Gasteiger partial charge is 0.460 e. The van der Waals surface area contributed by atoms with Gasteiger partial charge >= 0.3 is 7.12 Å². The van der Waals surface area contributed by atoms with Gasteiger partial charge in [0.1, 0.15) is 0 Å². The molecular formula is C12H11BO2S. The minimum absolute atomic E-state index is 0.169. The summed E-state index contributed by atoms with van der Waals surface area (Å²) in [6.45, 7) is 0. The minimum atomic E-state index is -1.27. The van der Waals surface area contributed by atoms with Crippen molar-refractivity contribution >= 4 is 34.6 Å².